The molecule has 138 valence electrons. The number of nitrogens with zero attached hydrogens (tertiary/aromatic N) is 1. The van der Waals surface area contributed by atoms with Gasteiger partial charge in [0.1, 0.15) is 0 Å². The van der Waals surface area contributed by atoms with Crippen LogP contribution in [-0.2, 0) is 19.1 Å². The molecule has 8 heteroatoms. The maximum absolute atomic E-state index is 12.2. The first-order valence-corrected chi connectivity index (χ1v) is 8.50. The number of imide groups is 1. The van der Waals surface area contributed by atoms with Crippen LogP contribution in [0.25, 0.3) is 0 Å². The Morgan fingerprint density at radius 3 is 2.44 bits per heavy atom. The van der Waals surface area contributed by atoms with Crippen LogP contribution in [0.5, 0.6) is 0 Å². The van der Waals surface area contributed by atoms with Crippen molar-refractivity contribution in [2.24, 2.45) is 0 Å². The van der Waals surface area contributed by atoms with Crippen molar-refractivity contribution in [3.8, 4) is 0 Å². The molecular weight excluding hydrogens is 372 g/mol. The van der Waals surface area contributed by atoms with Gasteiger partial charge >= 0.3 is 5.97 Å². The Kier molecular flexibility index (Phi) is 5.52. The molecule has 1 heterocycles. The summed E-state index contributed by atoms with van der Waals surface area (Å²) in [6.07, 6.45) is 0.300. The molecule has 0 unspecified atom stereocenters. The van der Waals surface area contributed by atoms with Gasteiger partial charge in [-0.05, 0) is 36.4 Å². The lowest BCUT2D eigenvalue weighted by atomic mass is 10.2. The highest BCUT2D eigenvalue weighted by atomic mass is 35.5. The van der Waals surface area contributed by atoms with Gasteiger partial charge in [0.25, 0.3) is 5.91 Å². The predicted molar refractivity (Wildman–Crippen MR) is 98.5 cm³/mol. The van der Waals surface area contributed by atoms with Crippen LogP contribution in [0.1, 0.15) is 23.2 Å². The van der Waals surface area contributed by atoms with Crippen molar-refractivity contribution in [3.63, 3.8) is 0 Å². The molecule has 0 bridgehead atoms. The summed E-state index contributed by atoms with van der Waals surface area (Å²) >= 11 is 5.84. The van der Waals surface area contributed by atoms with Crippen LogP contribution in [0.15, 0.2) is 48.5 Å². The second-order valence-corrected chi connectivity index (χ2v) is 6.24. The second-order valence-electron chi connectivity index (χ2n) is 5.81. The molecule has 0 aliphatic carbocycles. The molecule has 1 aliphatic rings. The Morgan fingerprint density at radius 1 is 1.04 bits per heavy atom. The fourth-order valence-electron chi connectivity index (χ4n) is 2.61. The summed E-state index contributed by atoms with van der Waals surface area (Å²) in [5.74, 6) is -1.89. The molecule has 0 atom stereocenters. The summed E-state index contributed by atoms with van der Waals surface area (Å²) in [6, 6.07) is 12.5. The van der Waals surface area contributed by atoms with E-state index in [0.29, 0.717) is 16.4 Å². The molecule has 3 amide bonds. The lowest BCUT2D eigenvalue weighted by Gasteiger charge is -2.14. The number of hydrogen-bond acceptors (Lipinski definition) is 5. The number of hydrogen-bond donors (Lipinski definition) is 1. The van der Waals surface area contributed by atoms with Gasteiger partial charge in [0.05, 0.1) is 11.3 Å². The smallest absolute Gasteiger partial charge is 0.338 e. The molecule has 0 saturated carbocycles. The fraction of sp³-hybridized carbons (Fsp3) is 0.158. The molecule has 0 radical (unpaired) electrons. The molecule has 1 fully saturated rings. The van der Waals surface area contributed by atoms with Gasteiger partial charge < -0.3 is 10.1 Å². The summed E-state index contributed by atoms with van der Waals surface area (Å²) in [4.78, 5) is 48.7. The van der Waals surface area contributed by atoms with Crippen molar-refractivity contribution in [3.05, 3.63) is 59.1 Å². The third kappa shape index (κ3) is 4.51. The first kappa shape index (κ1) is 18.6. The Bertz CT molecular complexity index is 912. The number of anilines is 2. The fourth-order valence-corrected chi connectivity index (χ4v) is 2.80. The Morgan fingerprint density at radius 2 is 1.74 bits per heavy atom. The van der Waals surface area contributed by atoms with Crippen LogP contribution in [-0.4, -0.2) is 30.3 Å². The highest BCUT2D eigenvalue weighted by Gasteiger charge is 2.30. The molecular formula is C19H15ClN2O5. The highest BCUT2D eigenvalue weighted by Crippen LogP contribution is 2.23. The second kappa shape index (κ2) is 8.01. The largest absolute Gasteiger partial charge is 0.452 e. The van der Waals surface area contributed by atoms with E-state index in [9.17, 15) is 19.2 Å². The third-order valence-corrected chi connectivity index (χ3v) is 4.07. The number of nitrogens with one attached hydrogen (secondary N) is 1. The molecule has 2 aromatic carbocycles. The zero-order valence-corrected chi connectivity index (χ0v) is 14.9. The summed E-state index contributed by atoms with van der Waals surface area (Å²) in [7, 11) is 0. The summed E-state index contributed by atoms with van der Waals surface area (Å²) in [6.45, 7) is -0.489. The van der Waals surface area contributed by atoms with E-state index in [1.807, 2.05) is 0 Å². The van der Waals surface area contributed by atoms with Gasteiger partial charge in [0.15, 0.2) is 6.61 Å². The van der Waals surface area contributed by atoms with E-state index in [1.165, 1.54) is 18.2 Å². The molecule has 27 heavy (non-hydrogen) atoms. The van der Waals surface area contributed by atoms with Crippen LogP contribution in [0.3, 0.4) is 0 Å². The van der Waals surface area contributed by atoms with Crippen LogP contribution < -0.4 is 10.2 Å². The normalized spacial score (nSPS) is 13.6. The van der Waals surface area contributed by atoms with Gasteiger partial charge in [-0.1, -0.05) is 23.7 Å². The molecule has 3 rings (SSSR count). The first-order chi connectivity index (χ1) is 12.9. The molecule has 1 saturated heterocycles. The van der Waals surface area contributed by atoms with E-state index in [1.54, 1.807) is 30.3 Å². The van der Waals surface area contributed by atoms with Crippen molar-refractivity contribution in [1.82, 2.24) is 0 Å². The molecule has 0 spiro atoms. The van der Waals surface area contributed by atoms with E-state index < -0.39 is 18.5 Å². The maximum Gasteiger partial charge on any atom is 0.338 e. The summed E-state index contributed by atoms with van der Waals surface area (Å²) < 4.78 is 4.99. The Hall–Kier alpha value is -3.19. The quantitative estimate of drug-likeness (QED) is 0.630. The van der Waals surface area contributed by atoms with E-state index in [4.69, 9.17) is 16.3 Å². The monoisotopic (exact) mass is 386 g/mol. The first-order valence-electron chi connectivity index (χ1n) is 8.12. The Balaban J connectivity index is 1.61. The van der Waals surface area contributed by atoms with Crippen LogP contribution in [0.2, 0.25) is 5.02 Å². The van der Waals surface area contributed by atoms with Gasteiger partial charge in [-0.15, -0.1) is 0 Å². The number of rotatable bonds is 5. The van der Waals surface area contributed by atoms with Crippen molar-refractivity contribution >= 4 is 46.7 Å². The van der Waals surface area contributed by atoms with Gasteiger partial charge in [-0.2, -0.15) is 0 Å². The van der Waals surface area contributed by atoms with Crippen LogP contribution >= 0.6 is 11.6 Å². The molecule has 7 nitrogen and oxygen atoms in total. The number of amides is 3. The van der Waals surface area contributed by atoms with Gasteiger partial charge in [0, 0.05) is 23.6 Å². The number of carbonyl (C=O) groups excluding carboxylic acids is 4. The zero-order chi connectivity index (χ0) is 19.4. The van der Waals surface area contributed by atoms with Gasteiger partial charge in [-0.25, -0.2) is 4.79 Å². The Labute approximate surface area is 159 Å². The molecule has 0 aromatic heterocycles. The SMILES string of the molecule is O=C(COC(=O)c1cccc(N2C(=O)CCC2=O)c1)Nc1cccc(Cl)c1. The van der Waals surface area contributed by atoms with Gasteiger partial charge in [0.2, 0.25) is 11.8 Å². The lowest BCUT2D eigenvalue weighted by Crippen LogP contribution is -2.28. The minimum absolute atomic E-state index is 0.135. The summed E-state index contributed by atoms with van der Waals surface area (Å²) in [5, 5.41) is 3.02. The van der Waals surface area contributed by atoms with Crippen molar-refractivity contribution < 1.29 is 23.9 Å². The van der Waals surface area contributed by atoms with Crippen LogP contribution in [0, 0.1) is 0 Å². The average molecular weight is 387 g/mol. The topological polar surface area (TPSA) is 92.8 Å². The molecule has 1 aliphatic heterocycles. The minimum atomic E-state index is -0.739. The molecule has 1 N–H and O–H groups in total. The number of ether oxygens (including phenoxy) is 1. The predicted octanol–water partition coefficient (Wildman–Crippen LogP) is 2.79. The maximum atomic E-state index is 12.2. The average Bonchev–Trinajstić information content (AvgIpc) is 2.98. The third-order valence-electron chi connectivity index (χ3n) is 3.83. The minimum Gasteiger partial charge on any atom is -0.452 e. The van der Waals surface area contributed by atoms with E-state index in [0.717, 1.165) is 4.90 Å². The van der Waals surface area contributed by atoms with E-state index in [2.05, 4.69) is 5.32 Å². The van der Waals surface area contributed by atoms with Crippen LogP contribution in [0.4, 0.5) is 11.4 Å². The number of halogens is 1. The number of carbonyl (C=O) groups is 4. The summed E-state index contributed by atoms with van der Waals surface area (Å²) in [5.41, 5.74) is 0.924. The van der Waals surface area contributed by atoms with Crippen molar-refractivity contribution in [1.29, 1.82) is 0 Å². The number of esters is 1. The van der Waals surface area contributed by atoms with Crippen molar-refractivity contribution in [2.45, 2.75) is 12.8 Å². The molecule has 2 aromatic rings. The number of benzene rings is 2. The van der Waals surface area contributed by atoms with Crippen molar-refractivity contribution in [2.75, 3.05) is 16.8 Å². The van der Waals surface area contributed by atoms with Gasteiger partial charge in [-0.3, -0.25) is 19.3 Å². The lowest BCUT2D eigenvalue weighted by molar-refractivity contribution is -0.121. The zero-order valence-electron chi connectivity index (χ0n) is 14.1. The van der Waals surface area contributed by atoms with E-state index in [-0.39, 0.29) is 30.2 Å². The highest BCUT2D eigenvalue weighted by molar-refractivity contribution is 6.30. The standard InChI is InChI=1S/C19H15ClN2O5/c20-13-4-2-5-14(10-13)21-16(23)11-27-19(26)12-3-1-6-15(9-12)22-17(24)7-8-18(22)25/h1-6,9-10H,7-8,11H2,(H,21,23). The van der Waals surface area contributed by atoms with E-state index >= 15 is 0 Å².